The van der Waals surface area contributed by atoms with Crippen LogP contribution in [-0.4, -0.2) is 46.3 Å². The summed E-state index contributed by atoms with van der Waals surface area (Å²) < 4.78 is 6.28. The number of fused-ring (bicyclic) bond motifs is 3. The third-order valence-electron chi connectivity index (χ3n) is 9.51. The van der Waals surface area contributed by atoms with Crippen LogP contribution in [0.15, 0.2) is 0 Å². The minimum absolute atomic E-state index is 0.00176. The third-order valence-corrected chi connectivity index (χ3v) is 10.3. The van der Waals surface area contributed by atoms with E-state index in [2.05, 4.69) is 6.92 Å². The molecule has 5 rings (SSSR count). The van der Waals surface area contributed by atoms with Gasteiger partial charge in [0, 0.05) is 11.3 Å². The molecule has 0 radical (unpaired) electrons. The van der Waals surface area contributed by atoms with E-state index >= 15 is 0 Å². The molecule has 9 atom stereocenters. The van der Waals surface area contributed by atoms with Gasteiger partial charge >= 0.3 is 0 Å². The molecule has 2 N–H and O–H groups in total. The number of hydrogen-bond donors (Lipinski definition) is 2. The van der Waals surface area contributed by atoms with E-state index in [9.17, 15) is 15.0 Å². The van der Waals surface area contributed by atoms with E-state index in [1.165, 1.54) is 0 Å². The van der Waals surface area contributed by atoms with Crippen molar-refractivity contribution in [2.75, 3.05) is 13.2 Å². The zero-order valence-corrected chi connectivity index (χ0v) is 16.4. The number of carbonyl (C=O) groups is 1. The molecule has 5 fully saturated rings. The summed E-state index contributed by atoms with van der Waals surface area (Å²) in [5.74, 6) is 1.71. The zero-order chi connectivity index (χ0) is 18.3. The standard InChI is InChI=1S/C21H31ClO4/c1-19-6-5-15-13(14(19)2-3-16(19)17(25)10-23)8-18-21(22)9-12(24)4-7-20(15,21)11-26-18/h12-16,18,23-24H,2-11H2,1H3/t12-,13?,14?,15?,16+,18-,19-,20-,21-/m0/s1. The molecule has 4 saturated carbocycles. The molecule has 2 bridgehead atoms. The molecule has 4 aliphatic carbocycles. The van der Waals surface area contributed by atoms with Crippen molar-refractivity contribution in [2.24, 2.45) is 34.5 Å². The maximum Gasteiger partial charge on any atom is 0.161 e. The van der Waals surface area contributed by atoms with Crippen molar-refractivity contribution in [1.29, 1.82) is 0 Å². The molecule has 26 heavy (non-hydrogen) atoms. The Hall–Kier alpha value is -0.160. The fraction of sp³-hybridized carbons (Fsp3) is 0.952. The van der Waals surface area contributed by atoms with Crippen LogP contribution >= 0.6 is 11.6 Å². The van der Waals surface area contributed by atoms with Crippen LogP contribution in [0.1, 0.15) is 58.3 Å². The lowest BCUT2D eigenvalue weighted by Gasteiger charge is -2.62. The van der Waals surface area contributed by atoms with Gasteiger partial charge in [0.05, 0.1) is 23.7 Å². The predicted octanol–water partition coefficient (Wildman–Crippen LogP) is 2.92. The van der Waals surface area contributed by atoms with Crippen molar-refractivity contribution in [3.63, 3.8) is 0 Å². The monoisotopic (exact) mass is 382 g/mol. The largest absolute Gasteiger partial charge is 0.393 e. The van der Waals surface area contributed by atoms with Gasteiger partial charge in [-0.15, -0.1) is 11.6 Å². The van der Waals surface area contributed by atoms with Gasteiger partial charge in [0.1, 0.15) is 6.61 Å². The Kier molecular flexibility index (Phi) is 3.91. The molecule has 5 heteroatoms. The first kappa shape index (κ1) is 17.9. The highest BCUT2D eigenvalue weighted by atomic mass is 35.5. The maximum atomic E-state index is 12.4. The number of ether oxygens (including phenoxy) is 1. The number of aliphatic hydroxyl groups excluding tert-OH is 2. The van der Waals surface area contributed by atoms with Crippen LogP contribution in [0, 0.1) is 34.5 Å². The van der Waals surface area contributed by atoms with E-state index in [0.717, 1.165) is 51.6 Å². The van der Waals surface area contributed by atoms with E-state index in [0.29, 0.717) is 24.2 Å². The van der Waals surface area contributed by atoms with Gasteiger partial charge in [-0.05, 0) is 74.5 Å². The van der Waals surface area contributed by atoms with Gasteiger partial charge in [-0.25, -0.2) is 0 Å². The molecule has 146 valence electrons. The average molecular weight is 383 g/mol. The average Bonchev–Trinajstić information content (AvgIpc) is 3.03. The smallest absolute Gasteiger partial charge is 0.161 e. The fourth-order valence-electron chi connectivity index (χ4n) is 8.35. The lowest BCUT2D eigenvalue weighted by atomic mass is 9.44. The topological polar surface area (TPSA) is 66.8 Å². The summed E-state index contributed by atoms with van der Waals surface area (Å²) in [7, 11) is 0. The van der Waals surface area contributed by atoms with E-state index in [1.54, 1.807) is 0 Å². The van der Waals surface area contributed by atoms with Gasteiger partial charge in [-0.1, -0.05) is 6.92 Å². The molecular weight excluding hydrogens is 352 g/mol. The van der Waals surface area contributed by atoms with E-state index in [1.807, 2.05) is 0 Å². The summed E-state index contributed by atoms with van der Waals surface area (Å²) >= 11 is 7.25. The molecular formula is C21H31ClO4. The molecule has 3 unspecified atom stereocenters. The molecule has 1 aliphatic heterocycles. The van der Waals surface area contributed by atoms with Gasteiger partial charge in [0.2, 0.25) is 0 Å². The molecule has 1 saturated heterocycles. The van der Waals surface area contributed by atoms with Gasteiger partial charge in [-0.3, -0.25) is 4.79 Å². The molecule has 0 spiro atoms. The van der Waals surface area contributed by atoms with E-state index in [-0.39, 0.29) is 41.3 Å². The number of halogens is 1. The summed E-state index contributed by atoms with van der Waals surface area (Å²) in [5.41, 5.74) is 0.0271. The Morgan fingerprint density at radius 2 is 2.00 bits per heavy atom. The minimum atomic E-state index is -0.404. The first-order valence-corrected chi connectivity index (χ1v) is 10.9. The maximum absolute atomic E-state index is 12.4. The molecule has 5 aliphatic rings. The van der Waals surface area contributed by atoms with Crippen LogP contribution in [0.3, 0.4) is 0 Å². The number of rotatable bonds is 2. The number of Topliss-reactive ketones (excluding diaryl/α,β-unsaturated/α-hetero) is 1. The molecule has 0 aromatic heterocycles. The molecule has 1 heterocycles. The first-order chi connectivity index (χ1) is 12.4. The Balaban J connectivity index is 1.50. The summed E-state index contributed by atoms with van der Waals surface area (Å²) in [5, 5.41) is 19.7. The van der Waals surface area contributed by atoms with Gasteiger partial charge in [0.25, 0.3) is 0 Å². The second-order valence-corrected chi connectivity index (χ2v) is 10.8. The van der Waals surface area contributed by atoms with Crippen molar-refractivity contribution in [3.05, 3.63) is 0 Å². The highest BCUT2D eigenvalue weighted by molar-refractivity contribution is 6.25. The van der Waals surface area contributed by atoms with Crippen molar-refractivity contribution < 1.29 is 19.7 Å². The normalized spacial score (nSPS) is 58.0. The van der Waals surface area contributed by atoms with E-state index in [4.69, 9.17) is 16.3 Å². The Bertz CT molecular complexity index is 625. The SMILES string of the molecule is C[C@]12CCC3C(C[C@@H]4OC[C@@]35CC[C@H](O)C[C@]45Cl)C1CC[C@@H]2C(=O)CO. The van der Waals surface area contributed by atoms with Crippen LogP contribution in [0.5, 0.6) is 0 Å². The number of carbonyl (C=O) groups excluding carboxylic acids is 1. The fourth-order valence-corrected chi connectivity index (χ4v) is 8.97. The van der Waals surface area contributed by atoms with Crippen LogP contribution in [0.2, 0.25) is 0 Å². The summed E-state index contributed by atoms with van der Waals surface area (Å²) in [6, 6.07) is 0. The van der Waals surface area contributed by atoms with Crippen LogP contribution in [0.4, 0.5) is 0 Å². The lowest BCUT2D eigenvalue weighted by molar-refractivity contribution is -0.136. The Morgan fingerprint density at radius 3 is 2.77 bits per heavy atom. The summed E-state index contributed by atoms with van der Waals surface area (Å²) in [4.78, 5) is 12.0. The number of aliphatic hydroxyl groups is 2. The first-order valence-electron chi connectivity index (χ1n) is 10.5. The Morgan fingerprint density at radius 1 is 1.19 bits per heavy atom. The number of ketones is 1. The second-order valence-electron chi connectivity index (χ2n) is 10.1. The van der Waals surface area contributed by atoms with Crippen LogP contribution in [0.25, 0.3) is 0 Å². The highest BCUT2D eigenvalue weighted by Gasteiger charge is 2.72. The van der Waals surface area contributed by atoms with Crippen molar-refractivity contribution in [1.82, 2.24) is 0 Å². The summed E-state index contributed by atoms with van der Waals surface area (Å²) in [6.45, 7) is 2.73. The predicted molar refractivity (Wildman–Crippen MR) is 97.9 cm³/mol. The zero-order valence-electron chi connectivity index (χ0n) is 15.6. The van der Waals surface area contributed by atoms with Crippen LogP contribution in [-0.2, 0) is 9.53 Å². The quantitative estimate of drug-likeness (QED) is 0.720. The number of hydrogen-bond acceptors (Lipinski definition) is 4. The van der Waals surface area contributed by atoms with Gasteiger partial charge in [0.15, 0.2) is 5.78 Å². The second kappa shape index (κ2) is 5.68. The Labute approximate surface area is 160 Å². The third kappa shape index (κ3) is 2.00. The van der Waals surface area contributed by atoms with E-state index < -0.39 is 4.87 Å². The highest BCUT2D eigenvalue weighted by Crippen LogP contribution is 2.72. The van der Waals surface area contributed by atoms with Gasteiger partial charge in [-0.2, -0.15) is 0 Å². The number of alkyl halides is 1. The minimum Gasteiger partial charge on any atom is -0.393 e. The molecule has 4 nitrogen and oxygen atoms in total. The molecule has 0 aromatic rings. The molecule has 0 aromatic carbocycles. The van der Waals surface area contributed by atoms with Crippen molar-refractivity contribution in [3.8, 4) is 0 Å². The lowest BCUT2D eigenvalue weighted by Crippen LogP contribution is -2.63. The van der Waals surface area contributed by atoms with Gasteiger partial charge < -0.3 is 14.9 Å². The van der Waals surface area contributed by atoms with Crippen LogP contribution < -0.4 is 0 Å². The molecule has 0 amide bonds. The van der Waals surface area contributed by atoms with Crippen molar-refractivity contribution in [2.45, 2.75) is 75.4 Å². The summed E-state index contributed by atoms with van der Waals surface area (Å²) in [6.07, 6.45) is 7.36. The van der Waals surface area contributed by atoms with Crippen molar-refractivity contribution >= 4 is 17.4 Å².